The lowest BCUT2D eigenvalue weighted by Gasteiger charge is -2.23. The van der Waals surface area contributed by atoms with Gasteiger partial charge in [0.05, 0.1) is 14.2 Å². The van der Waals surface area contributed by atoms with Crippen molar-refractivity contribution in [3.8, 4) is 11.5 Å². The number of nitrogens with one attached hydrogen (secondary N) is 1. The Balaban J connectivity index is 1.57. The molecule has 0 spiro atoms. The fraction of sp³-hybridized carbons (Fsp3) is 0.409. The zero-order valence-electron chi connectivity index (χ0n) is 17.1. The van der Waals surface area contributed by atoms with E-state index in [1.807, 2.05) is 12.1 Å². The zero-order valence-corrected chi connectivity index (χ0v) is 17.9. The maximum atomic E-state index is 13.5. The number of ether oxygens (including phenoxy) is 2. The van der Waals surface area contributed by atoms with Gasteiger partial charge in [0.15, 0.2) is 0 Å². The van der Waals surface area contributed by atoms with Crippen molar-refractivity contribution in [3.63, 3.8) is 0 Å². The van der Waals surface area contributed by atoms with Gasteiger partial charge in [0, 0.05) is 30.3 Å². The number of hydrogen-bond donors (Lipinski definition) is 1. The molecule has 4 rings (SSSR count). The Bertz CT molecular complexity index is 1030. The Morgan fingerprint density at radius 1 is 1.03 bits per heavy atom. The van der Waals surface area contributed by atoms with Crippen molar-refractivity contribution in [3.05, 3.63) is 53.6 Å². The topological polar surface area (TPSA) is 84.9 Å². The second-order valence-electron chi connectivity index (χ2n) is 7.74. The fourth-order valence-corrected chi connectivity index (χ4v) is 5.17. The van der Waals surface area contributed by atoms with Crippen molar-refractivity contribution < 1.29 is 22.7 Å². The highest BCUT2D eigenvalue weighted by molar-refractivity contribution is 7.89. The molecule has 1 amide bonds. The maximum Gasteiger partial charge on any atom is 0.251 e. The molecule has 2 saturated carbocycles. The Kier molecular flexibility index (Phi) is 5.71. The van der Waals surface area contributed by atoms with Crippen LogP contribution in [-0.2, 0) is 16.6 Å². The van der Waals surface area contributed by atoms with Gasteiger partial charge in [-0.05, 0) is 55.5 Å². The molecule has 0 bridgehead atoms. The van der Waals surface area contributed by atoms with E-state index in [0.717, 1.165) is 31.2 Å². The Morgan fingerprint density at radius 2 is 1.73 bits per heavy atom. The fourth-order valence-electron chi connectivity index (χ4n) is 3.32. The van der Waals surface area contributed by atoms with Crippen molar-refractivity contribution in [1.29, 1.82) is 0 Å². The Hall–Kier alpha value is -2.58. The predicted octanol–water partition coefficient (Wildman–Crippen LogP) is 2.95. The summed E-state index contributed by atoms with van der Waals surface area (Å²) in [7, 11) is -0.847. The minimum absolute atomic E-state index is 0.0382. The first-order valence-corrected chi connectivity index (χ1v) is 11.5. The second kappa shape index (κ2) is 8.28. The summed E-state index contributed by atoms with van der Waals surface area (Å²) in [5.41, 5.74) is 1.41. The molecule has 0 radical (unpaired) electrons. The van der Waals surface area contributed by atoms with Crippen LogP contribution in [0.2, 0.25) is 0 Å². The molecule has 2 aliphatic rings. The monoisotopic (exact) mass is 430 g/mol. The smallest absolute Gasteiger partial charge is 0.251 e. The highest BCUT2D eigenvalue weighted by atomic mass is 32.2. The van der Waals surface area contributed by atoms with E-state index in [9.17, 15) is 13.2 Å². The molecule has 160 valence electrons. The van der Waals surface area contributed by atoms with E-state index in [-0.39, 0.29) is 29.1 Å². The number of carbonyl (C=O) groups is 1. The lowest BCUT2D eigenvalue weighted by atomic mass is 10.1. The standard InChI is InChI=1S/C22H26N2O5S/c1-28-19-11-12-20(29-2)21(13-19)30(26,27)24(18-9-10-18)14-15-3-5-16(6-4-15)22(25)23-17-7-8-17/h3-6,11-13,17-18H,7-10,14H2,1-2H3,(H,23,25). The third-order valence-electron chi connectivity index (χ3n) is 5.38. The quantitative estimate of drug-likeness (QED) is 0.661. The summed E-state index contributed by atoms with van der Waals surface area (Å²) >= 11 is 0. The van der Waals surface area contributed by atoms with Crippen LogP contribution in [0.15, 0.2) is 47.4 Å². The van der Waals surface area contributed by atoms with Gasteiger partial charge in [0.2, 0.25) is 10.0 Å². The minimum atomic E-state index is -3.80. The summed E-state index contributed by atoms with van der Waals surface area (Å²) in [6.45, 7) is 0.234. The third kappa shape index (κ3) is 4.44. The molecule has 30 heavy (non-hydrogen) atoms. The lowest BCUT2D eigenvalue weighted by Crippen LogP contribution is -2.33. The minimum Gasteiger partial charge on any atom is -0.497 e. The van der Waals surface area contributed by atoms with Crippen LogP contribution < -0.4 is 14.8 Å². The van der Waals surface area contributed by atoms with Crippen molar-refractivity contribution in [2.75, 3.05) is 14.2 Å². The third-order valence-corrected chi connectivity index (χ3v) is 7.30. The average Bonchev–Trinajstić information content (AvgIpc) is 3.67. The van der Waals surface area contributed by atoms with Crippen molar-refractivity contribution in [1.82, 2.24) is 9.62 Å². The van der Waals surface area contributed by atoms with Gasteiger partial charge in [-0.15, -0.1) is 0 Å². The van der Waals surface area contributed by atoms with Crippen LogP contribution in [0.1, 0.15) is 41.6 Å². The van der Waals surface area contributed by atoms with Crippen LogP contribution in [0, 0.1) is 0 Å². The van der Waals surface area contributed by atoms with Gasteiger partial charge in [0.25, 0.3) is 5.91 Å². The SMILES string of the molecule is COc1ccc(OC)c(S(=O)(=O)N(Cc2ccc(C(=O)NC3CC3)cc2)C2CC2)c1. The number of sulfonamides is 1. The van der Waals surface area contributed by atoms with E-state index in [4.69, 9.17) is 9.47 Å². The van der Waals surface area contributed by atoms with Gasteiger partial charge in [-0.2, -0.15) is 4.31 Å². The Labute approximate surface area is 177 Å². The summed E-state index contributed by atoms with van der Waals surface area (Å²) in [5, 5.41) is 2.96. The largest absolute Gasteiger partial charge is 0.497 e. The molecule has 2 aliphatic carbocycles. The molecule has 1 N–H and O–H groups in total. The molecular formula is C22H26N2O5S. The number of nitrogens with zero attached hydrogens (tertiary/aromatic N) is 1. The first-order chi connectivity index (χ1) is 14.4. The van der Waals surface area contributed by atoms with Crippen LogP contribution >= 0.6 is 0 Å². The number of rotatable bonds is 9. The van der Waals surface area contributed by atoms with Crippen LogP contribution in [-0.4, -0.2) is 44.9 Å². The first-order valence-electron chi connectivity index (χ1n) is 10.1. The summed E-state index contributed by atoms with van der Waals surface area (Å²) in [6.07, 6.45) is 3.72. The van der Waals surface area contributed by atoms with Crippen molar-refractivity contribution in [2.24, 2.45) is 0 Å². The normalized spacial score (nSPS) is 16.4. The molecule has 0 heterocycles. The molecule has 0 aliphatic heterocycles. The first kappa shape index (κ1) is 20.7. The van der Waals surface area contributed by atoms with Gasteiger partial charge < -0.3 is 14.8 Å². The van der Waals surface area contributed by atoms with E-state index in [2.05, 4.69) is 5.32 Å². The molecule has 0 unspecified atom stereocenters. The molecule has 2 aromatic rings. The predicted molar refractivity (Wildman–Crippen MR) is 112 cm³/mol. The molecule has 8 heteroatoms. The van der Waals surface area contributed by atoms with E-state index in [1.54, 1.807) is 24.3 Å². The van der Waals surface area contributed by atoms with E-state index >= 15 is 0 Å². The van der Waals surface area contributed by atoms with E-state index in [0.29, 0.717) is 17.4 Å². The van der Waals surface area contributed by atoms with Crippen LogP contribution in [0.3, 0.4) is 0 Å². The van der Waals surface area contributed by atoms with Crippen molar-refractivity contribution >= 4 is 15.9 Å². The molecular weight excluding hydrogens is 404 g/mol. The molecule has 2 aromatic carbocycles. The van der Waals surface area contributed by atoms with Crippen LogP contribution in [0.25, 0.3) is 0 Å². The summed E-state index contributed by atoms with van der Waals surface area (Å²) in [5.74, 6) is 0.654. The van der Waals surface area contributed by atoms with Crippen LogP contribution in [0.5, 0.6) is 11.5 Å². The maximum absolute atomic E-state index is 13.5. The molecule has 0 atom stereocenters. The van der Waals surface area contributed by atoms with Gasteiger partial charge >= 0.3 is 0 Å². The molecule has 2 fully saturated rings. The van der Waals surface area contributed by atoms with E-state index in [1.165, 1.54) is 24.6 Å². The summed E-state index contributed by atoms with van der Waals surface area (Å²) in [6, 6.07) is 12.1. The number of hydrogen-bond acceptors (Lipinski definition) is 5. The molecule has 7 nitrogen and oxygen atoms in total. The second-order valence-corrected chi connectivity index (χ2v) is 9.60. The van der Waals surface area contributed by atoms with Crippen LogP contribution in [0.4, 0.5) is 0 Å². The van der Waals surface area contributed by atoms with Gasteiger partial charge in [-0.25, -0.2) is 8.42 Å². The van der Waals surface area contributed by atoms with Gasteiger partial charge in [0.1, 0.15) is 16.4 Å². The number of benzene rings is 2. The Morgan fingerprint density at radius 3 is 2.30 bits per heavy atom. The van der Waals surface area contributed by atoms with E-state index < -0.39 is 10.0 Å². The zero-order chi connectivity index (χ0) is 21.3. The summed E-state index contributed by atoms with van der Waals surface area (Å²) < 4.78 is 39.0. The lowest BCUT2D eigenvalue weighted by molar-refractivity contribution is 0.0951. The van der Waals surface area contributed by atoms with Crippen molar-refractivity contribution in [2.45, 2.75) is 49.2 Å². The number of amides is 1. The molecule has 0 aromatic heterocycles. The summed E-state index contributed by atoms with van der Waals surface area (Å²) in [4.78, 5) is 12.3. The molecule has 0 saturated heterocycles. The highest BCUT2D eigenvalue weighted by Crippen LogP contribution is 2.37. The highest BCUT2D eigenvalue weighted by Gasteiger charge is 2.39. The van der Waals surface area contributed by atoms with Gasteiger partial charge in [-0.1, -0.05) is 12.1 Å². The number of carbonyl (C=O) groups excluding carboxylic acids is 1. The van der Waals surface area contributed by atoms with Gasteiger partial charge in [-0.3, -0.25) is 4.79 Å². The average molecular weight is 431 g/mol. The number of methoxy groups -OCH3 is 2.